The summed E-state index contributed by atoms with van der Waals surface area (Å²) < 4.78 is 5.69. The fourth-order valence-corrected chi connectivity index (χ4v) is 3.02. The molecule has 1 N–H and O–H groups in total. The number of amides is 1. The zero-order chi connectivity index (χ0) is 17.6. The Labute approximate surface area is 152 Å². The number of aromatic nitrogens is 2. The predicted octanol–water partition coefficient (Wildman–Crippen LogP) is 3.13. The highest BCUT2D eigenvalue weighted by Crippen LogP contribution is 2.18. The Morgan fingerprint density at radius 1 is 1.44 bits per heavy atom. The van der Waals surface area contributed by atoms with Gasteiger partial charge in [-0.05, 0) is 24.1 Å². The number of hydrogen-bond donors (Lipinski definition) is 1. The summed E-state index contributed by atoms with van der Waals surface area (Å²) in [6, 6.07) is 7.69. The van der Waals surface area contributed by atoms with Crippen LogP contribution in [-0.4, -0.2) is 39.9 Å². The van der Waals surface area contributed by atoms with Gasteiger partial charge in [0.15, 0.2) is 0 Å². The van der Waals surface area contributed by atoms with Crippen LogP contribution < -0.4 is 10.1 Å². The molecule has 1 aromatic carbocycles. The van der Waals surface area contributed by atoms with Crippen molar-refractivity contribution in [2.45, 2.75) is 32.4 Å². The summed E-state index contributed by atoms with van der Waals surface area (Å²) in [6.45, 7) is 3.74. The average Bonchev–Trinajstić information content (AvgIpc) is 3.08. The van der Waals surface area contributed by atoms with Gasteiger partial charge in [0.2, 0.25) is 11.8 Å². The van der Waals surface area contributed by atoms with Gasteiger partial charge in [0, 0.05) is 30.6 Å². The molecule has 7 heteroatoms. The van der Waals surface area contributed by atoms with Gasteiger partial charge in [0.05, 0.1) is 12.4 Å². The molecule has 25 heavy (non-hydrogen) atoms. The minimum absolute atomic E-state index is 0.188. The van der Waals surface area contributed by atoms with Gasteiger partial charge >= 0.3 is 0 Å². The van der Waals surface area contributed by atoms with Crippen molar-refractivity contribution < 1.29 is 9.53 Å². The van der Waals surface area contributed by atoms with E-state index in [2.05, 4.69) is 15.3 Å². The van der Waals surface area contributed by atoms with Crippen LogP contribution in [0.1, 0.15) is 25.3 Å². The molecule has 2 heterocycles. The van der Waals surface area contributed by atoms with Crippen molar-refractivity contribution in [1.82, 2.24) is 14.9 Å². The molecule has 6 nitrogen and oxygen atoms in total. The molecule has 0 saturated carbocycles. The number of anilines is 1. The molecule has 1 fully saturated rings. The second-order valence-corrected chi connectivity index (χ2v) is 6.42. The van der Waals surface area contributed by atoms with Gasteiger partial charge < -0.3 is 15.0 Å². The number of nitrogens with zero attached hydrogens (tertiary/aromatic N) is 3. The number of hydrogen-bond acceptors (Lipinski definition) is 5. The van der Waals surface area contributed by atoms with Gasteiger partial charge in [0.1, 0.15) is 12.4 Å². The Balaban J connectivity index is 1.56. The average molecular weight is 361 g/mol. The highest BCUT2D eigenvalue weighted by Gasteiger charge is 2.25. The van der Waals surface area contributed by atoms with E-state index in [1.165, 1.54) is 0 Å². The van der Waals surface area contributed by atoms with E-state index in [4.69, 9.17) is 16.3 Å². The lowest BCUT2D eigenvalue weighted by atomic mass is 10.2. The smallest absolute Gasteiger partial charge is 0.234 e. The first-order chi connectivity index (χ1) is 12.1. The molecule has 1 aliphatic rings. The topological polar surface area (TPSA) is 67.4 Å². The highest BCUT2D eigenvalue weighted by molar-refractivity contribution is 6.30. The monoisotopic (exact) mass is 360 g/mol. The molecule has 0 aliphatic carbocycles. The Morgan fingerprint density at radius 2 is 2.32 bits per heavy atom. The SMILES string of the molecule is CCC(=O)N1CCC(Nc2cncc(OCc3cccc(Cl)c3)n2)C1. The zero-order valence-electron chi connectivity index (χ0n) is 14.1. The molecule has 0 bridgehead atoms. The fourth-order valence-electron chi connectivity index (χ4n) is 2.81. The summed E-state index contributed by atoms with van der Waals surface area (Å²) in [4.78, 5) is 22.2. The highest BCUT2D eigenvalue weighted by atomic mass is 35.5. The molecule has 0 radical (unpaired) electrons. The number of ether oxygens (including phenoxy) is 1. The summed E-state index contributed by atoms with van der Waals surface area (Å²) in [7, 11) is 0. The van der Waals surface area contributed by atoms with E-state index in [0.29, 0.717) is 36.3 Å². The molecule has 3 rings (SSSR count). The first-order valence-corrected chi connectivity index (χ1v) is 8.75. The van der Waals surface area contributed by atoms with E-state index >= 15 is 0 Å². The van der Waals surface area contributed by atoms with Crippen LogP contribution >= 0.6 is 11.6 Å². The second-order valence-electron chi connectivity index (χ2n) is 5.98. The summed E-state index contributed by atoms with van der Waals surface area (Å²) in [5, 5.41) is 4.00. The maximum atomic E-state index is 11.8. The number of likely N-dealkylation sites (tertiary alicyclic amines) is 1. The van der Waals surface area contributed by atoms with E-state index in [0.717, 1.165) is 18.5 Å². The number of rotatable bonds is 6. The molecule has 132 valence electrons. The van der Waals surface area contributed by atoms with Crippen molar-refractivity contribution >= 4 is 23.3 Å². The minimum atomic E-state index is 0.188. The molecule has 1 aromatic heterocycles. The zero-order valence-corrected chi connectivity index (χ0v) is 14.9. The fraction of sp³-hybridized carbons (Fsp3) is 0.389. The van der Waals surface area contributed by atoms with E-state index in [-0.39, 0.29) is 11.9 Å². The van der Waals surface area contributed by atoms with E-state index < -0.39 is 0 Å². The normalized spacial score (nSPS) is 16.7. The molecule has 1 unspecified atom stereocenters. The lowest BCUT2D eigenvalue weighted by Crippen LogP contribution is -2.31. The van der Waals surface area contributed by atoms with Crippen molar-refractivity contribution in [3.63, 3.8) is 0 Å². The maximum Gasteiger partial charge on any atom is 0.234 e. The largest absolute Gasteiger partial charge is 0.472 e. The standard InChI is InChI=1S/C18H21ClN4O2/c1-2-18(24)23-7-6-15(11-23)21-16-9-20-10-17(22-16)25-12-13-4-3-5-14(19)8-13/h3-5,8-10,15H,2,6-7,11-12H2,1H3,(H,21,22). The second kappa shape index (κ2) is 8.16. The van der Waals surface area contributed by atoms with Gasteiger partial charge in [0.25, 0.3) is 0 Å². The summed E-state index contributed by atoms with van der Waals surface area (Å²) in [6.07, 6.45) is 4.69. The Kier molecular flexibility index (Phi) is 5.71. The molecule has 1 aliphatic heterocycles. The molecule has 1 amide bonds. The van der Waals surface area contributed by atoms with Gasteiger partial charge in [-0.1, -0.05) is 30.7 Å². The van der Waals surface area contributed by atoms with Crippen LogP contribution in [0.15, 0.2) is 36.7 Å². The molecule has 1 atom stereocenters. The molecule has 1 saturated heterocycles. The first-order valence-electron chi connectivity index (χ1n) is 8.37. The van der Waals surface area contributed by atoms with Crippen LogP contribution in [0, 0.1) is 0 Å². The first kappa shape index (κ1) is 17.5. The molecule has 0 spiro atoms. The molecular weight excluding hydrogens is 340 g/mol. The Morgan fingerprint density at radius 3 is 3.12 bits per heavy atom. The third kappa shape index (κ3) is 4.82. The lowest BCUT2D eigenvalue weighted by Gasteiger charge is -2.16. The number of benzene rings is 1. The summed E-state index contributed by atoms with van der Waals surface area (Å²) in [5.74, 6) is 1.29. The molecular formula is C18H21ClN4O2. The minimum Gasteiger partial charge on any atom is -0.472 e. The van der Waals surface area contributed by atoms with Gasteiger partial charge in [-0.2, -0.15) is 4.98 Å². The van der Waals surface area contributed by atoms with Crippen molar-refractivity contribution in [2.75, 3.05) is 18.4 Å². The number of carbonyl (C=O) groups is 1. The van der Waals surface area contributed by atoms with Crippen LogP contribution in [0.25, 0.3) is 0 Å². The van der Waals surface area contributed by atoms with Gasteiger partial charge in [-0.25, -0.2) is 0 Å². The molecule has 2 aromatic rings. The number of nitrogens with one attached hydrogen (secondary N) is 1. The van der Waals surface area contributed by atoms with Gasteiger partial charge in [-0.15, -0.1) is 0 Å². The van der Waals surface area contributed by atoms with Crippen LogP contribution in [0.2, 0.25) is 5.02 Å². The van der Waals surface area contributed by atoms with E-state index in [9.17, 15) is 4.79 Å². The van der Waals surface area contributed by atoms with Crippen molar-refractivity contribution in [2.24, 2.45) is 0 Å². The van der Waals surface area contributed by atoms with Gasteiger partial charge in [-0.3, -0.25) is 9.78 Å². The Hall–Kier alpha value is -2.34. The van der Waals surface area contributed by atoms with Crippen LogP contribution in [0.5, 0.6) is 5.88 Å². The summed E-state index contributed by atoms with van der Waals surface area (Å²) in [5.41, 5.74) is 0.970. The number of halogens is 1. The van der Waals surface area contributed by atoms with Crippen LogP contribution in [0.3, 0.4) is 0 Å². The summed E-state index contributed by atoms with van der Waals surface area (Å²) >= 11 is 5.97. The van der Waals surface area contributed by atoms with E-state index in [1.807, 2.05) is 36.1 Å². The maximum absolute atomic E-state index is 11.8. The number of carbonyl (C=O) groups excluding carboxylic acids is 1. The third-order valence-electron chi connectivity index (χ3n) is 4.08. The van der Waals surface area contributed by atoms with Crippen molar-refractivity contribution in [1.29, 1.82) is 0 Å². The van der Waals surface area contributed by atoms with Crippen LogP contribution in [-0.2, 0) is 11.4 Å². The lowest BCUT2D eigenvalue weighted by molar-refractivity contribution is -0.129. The van der Waals surface area contributed by atoms with E-state index in [1.54, 1.807) is 12.4 Å². The van der Waals surface area contributed by atoms with Crippen molar-refractivity contribution in [3.8, 4) is 5.88 Å². The van der Waals surface area contributed by atoms with Crippen molar-refractivity contribution in [3.05, 3.63) is 47.2 Å². The Bertz CT molecular complexity index is 741. The third-order valence-corrected chi connectivity index (χ3v) is 4.32. The quantitative estimate of drug-likeness (QED) is 0.857. The van der Waals surface area contributed by atoms with Crippen LogP contribution in [0.4, 0.5) is 5.82 Å². The predicted molar refractivity (Wildman–Crippen MR) is 96.7 cm³/mol.